The third kappa shape index (κ3) is 3.84. The molecule has 0 amide bonds. The van der Waals surface area contributed by atoms with E-state index in [1.807, 2.05) is 27.7 Å². The molecule has 0 heteroatoms. The number of fused-ring (bicyclic) bond motifs is 1. The van der Waals surface area contributed by atoms with Crippen LogP contribution in [0.1, 0.15) is 56.4 Å². The Hall–Kier alpha value is -1.04. The van der Waals surface area contributed by atoms with Crippen LogP contribution in [0, 0.1) is 13.8 Å². The van der Waals surface area contributed by atoms with Crippen molar-refractivity contribution in [2.75, 3.05) is 0 Å². The van der Waals surface area contributed by atoms with Crippen molar-refractivity contribution < 1.29 is 0 Å². The Balaban J connectivity index is 0.000000509. The first kappa shape index (κ1) is 15.0. The van der Waals surface area contributed by atoms with Crippen molar-refractivity contribution in [1.29, 1.82) is 0 Å². The van der Waals surface area contributed by atoms with E-state index in [0.717, 1.165) is 0 Å². The highest BCUT2D eigenvalue weighted by Crippen LogP contribution is 2.22. The second kappa shape index (κ2) is 8.15. The second-order valence-electron chi connectivity index (χ2n) is 3.58. The van der Waals surface area contributed by atoms with Gasteiger partial charge in [-0.15, -0.1) is 0 Å². The van der Waals surface area contributed by atoms with E-state index in [9.17, 15) is 0 Å². The zero-order valence-corrected chi connectivity index (χ0v) is 11.7. The average molecular weight is 218 g/mol. The molecule has 0 spiro atoms. The molecule has 0 aliphatic heterocycles. The van der Waals surface area contributed by atoms with Crippen molar-refractivity contribution in [2.24, 2.45) is 0 Å². The molecule has 1 aromatic rings. The number of aryl methyl sites for hydroxylation is 3. The first-order chi connectivity index (χ1) is 7.77. The van der Waals surface area contributed by atoms with Crippen LogP contribution in [-0.4, -0.2) is 0 Å². The molecule has 0 radical (unpaired) electrons. The summed E-state index contributed by atoms with van der Waals surface area (Å²) >= 11 is 0. The zero-order valence-electron chi connectivity index (χ0n) is 11.7. The smallest absolute Gasteiger partial charge is 0.0225 e. The monoisotopic (exact) mass is 218 g/mol. The van der Waals surface area contributed by atoms with Gasteiger partial charge in [-0.05, 0) is 48.9 Å². The molecular formula is C16H26. The van der Waals surface area contributed by atoms with Crippen LogP contribution in [-0.2, 0) is 6.42 Å². The lowest BCUT2D eigenvalue weighted by Gasteiger charge is -2.12. The summed E-state index contributed by atoms with van der Waals surface area (Å²) in [6.07, 6.45) is 6.92. The second-order valence-corrected chi connectivity index (χ2v) is 3.58. The Bertz CT molecular complexity index is 332. The van der Waals surface area contributed by atoms with E-state index in [-0.39, 0.29) is 0 Å². The molecule has 0 atom stereocenters. The van der Waals surface area contributed by atoms with Gasteiger partial charge in [0.15, 0.2) is 0 Å². The first-order valence-electron chi connectivity index (χ1n) is 6.54. The van der Waals surface area contributed by atoms with Crippen LogP contribution >= 0.6 is 0 Å². The highest BCUT2D eigenvalue weighted by atomic mass is 14.1. The average Bonchev–Trinajstić information content (AvgIpc) is 2.36. The highest BCUT2D eigenvalue weighted by Gasteiger charge is 2.05. The number of hydrogen-bond donors (Lipinski definition) is 0. The van der Waals surface area contributed by atoms with Gasteiger partial charge in [0, 0.05) is 0 Å². The van der Waals surface area contributed by atoms with E-state index in [1.165, 1.54) is 35.1 Å². The van der Waals surface area contributed by atoms with Gasteiger partial charge < -0.3 is 0 Å². The summed E-state index contributed by atoms with van der Waals surface area (Å²) in [5, 5.41) is 0. The van der Waals surface area contributed by atoms with Gasteiger partial charge >= 0.3 is 0 Å². The summed E-state index contributed by atoms with van der Waals surface area (Å²) in [7, 11) is 0. The van der Waals surface area contributed by atoms with Gasteiger partial charge in [0.25, 0.3) is 0 Å². The minimum atomic E-state index is 1.20. The molecule has 0 heterocycles. The topological polar surface area (TPSA) is 0 Å². The molecule has 0 N–H and O–H groups in total. The van der Waals surface area contributed by atoms with E-state index < -0.39 is 0 Å². The predicted octanol–water partition coefficient (Wildman–Crippen LogP) is 5.32. The van der Waals surface area contributed by atoms with Crippen molar-refractivity contribution in [1.82, 2.24) is 0 Å². The minimum absolute atomic E-state index is 1.20. The summed E-state index contributed by atoms with van der Waals surface area (Å²) in [6.45, 7) is 12.4. The fourth-order valence-electron chi connectivity index (χ4n) is 1.72. The highest BCUT2D eigenvalue weighted by molar-refractivity contribution is 5.58. The lowest BCUT2D eigenvalue weighted by Crippen LogP contribution is -1.96. The van der Waals surface area contributed by atoms with Gasteiger partial charge in [-0.2, -0.15) is 0 Å². The molecule has 0 fully saturated rings. The summed E-state index contributed by atoms with van der Waals surface area (Å²) in [4.78, 5) is 0. The number of allylic oxidation sites excluding steroid dienone is 1. The molecule has 1 aromatic carbocycles. The zero-order chi connectivity index (χ0) is 12.6. The van der Waals surface area contributed by atoms with E-state index in [4.69, 9.17) is 0 Å². The van der Waals surface area contributed by atoms with E-state index in [0.29, 0.717) is 0 Å². The fourth-order valence-corrected chi connectivity index (χ4v) is 1.72. The van der Waals surface area contributed by atoms with Crippen molar-refractivity contribution >= 4 is 6.08 Å². The molecular weight excluding hydrogens is 192 g/mol. The van der Waals surface area contributed by atoms with Crippen molar-refractivity contribution in [2.45, 2.75) is 54.4 Å². The van der Waals surface area contributed by atoms with Crippen LogP contribution < -0.4 is 0 Å². The van der Waals surface area contributed by atoms with Crippen molar-refractivity contribution in [3.63, 3.8) is 0 Å². The maximum Gasteiger partial charge on any atom is -0.0225 e. The van der Waals surface area contributed by atoms with Crippen LogP contribution in [0.3, 0.4) is 0 Å². The van der Waals surface area contributed by atoms with Gasteiger partial charge in [-0.25, -0.2) is 0 Å². The fraction of sp³-hybridized carbons (Fsp3) is 0.500. The molecule has 0 aromatic heterocycles. The van der Waals surface area contributed by atoms with E-state index in [2.05, 4.69) is 38.1 Å². The number of benzene rings is 1. The molecule has 0 bridgehead atoms. The Kier molecular flexibility index (Phi) is 7.62. The number of rotatable bonds is 0. The van der Waals surface area contributed by atoms with Crippen molar-refractivity contribution in [3.8, 4) is 0 Å². The van der Waals surface area contributed by atoms with Gasteiger partial charge in [0.1, 0.15) is 0 Å². The summed E-state index contributed by atoms with van der Waals surface area (Å²) < 4.78 is 0. The lowest BCUT2D eigenvalue weighted by atomic mass is 9.93. The Morgan fingerprint density at radius 1 is 0.875 bits per heavy atom. The molecule has 2 rings (SSSR count). The summed E-state index contributed by atoms with van der Waals surface area (Å²) in [5.74, 6) is 0. The molecule has 16 heavy (non-hydrogen) atoms. The van der Waals surface area contributed by atoms with Crippen molar-refractivity contribution in [3.05, 3.63) is 40.5 Å². The van der Waals surface area contributed by atoms with Crippen LogP contribution in [0.15, 0.2) is 18.2 Å². The maximum absolute atomic E-state index is 2.33. The van der Waals surface area contributed by atoms with Crippen LogP contribution in [0.5, 0.6) is 0 Å². The minimum Gasteiger partial charge on any atom is -0.0836 e. The standard InChI is InChI=1S/C12H14.2C2H6/c1-9-7-11-5-3-4-6-12(11)8-10(9)2;2*1-2/h3,5,7-8H,4,6H2,1-2H3;2*1-2H3. The third-order valence-corrected chi connectivity index (χ3v) is 2.63. The Morgan fingerprint density at radius 2 is 1.44 bits per heavy atom. The van der Waals surface area contributed by atoms with Crippen LogP contribution in [0.2, 0.25) is 0 Å². The molecule has 0 saturated heterocycles. The molecule has 0 nitrogen and oxygen atoms in total. The summed E-state index contributed by atoms with van der Waals surface area (Å²) in [5.41, 5.74) is 5.76. The van der Waals surface area contributed by atoms with Gasteiger partial charge in [0.2, 0.25) is 0 Å². The number of hydrogen-bond acceptors (Lipinski definition) is 0. The predicted molar refractivity (Wildman–Crippen MR) is 76.0 cm³/mol. The van der Waals surface area contributed by atoms with Gasteiger partial charge in [-0.1, -0.05) is 52.0 Å². The molecule has 90 valence electrons. The molecule has 0 saturated carbocycles. The van der Waals surface area contributed by atoms with Gasteiger partial charge in [0.05, 0.1) is 0 Å². The molecule has 1 aliphatic carbocycles. The molecule has 0 unspecified atom stereocenters. The van der Waals surface area contributed by atoms with Crippen LogP contribution in [0.4, 0.5) is 0 Å². The van der Waals surface area contributed by atoms with Gasteiger partial charge in [-0.3, -0.25) is 0 Å². The first-order valence-corrected chi connectivity index (χ1v) is 6.54. The molecule has 1 aliphatic rings. The quantitative estimate of drug-likeness (QED) is 0.553. The Labute approximate surface area is 101 Å². The van der Waals surface area contributed by atoms with Crippen LogP contribution in [0.25, 0.3) is 6.08 Å². The van der Waals surface area contributed by atoms with E-state index in [1.54, 1.807) is 0 Å². The SMILES string of the molecule is CC.CC.Cc1cc2c(cc1C)CCC=C2. The van der Waals surface area contributed by atoms with E-state index >= 15 is 0 Å². The largest absolute Gasteiger partial charge is 0.0836 e. The maximum atomic E-state index is 2.33. The lowest BCUT2D eigenvalue weighted by molar-refractivity contribution is 0.979. The summed E-state index contributed by atoms with van der Waals surface area (Å²) in [6, 6.07) is 4.62. The third-order valence-electron chi connectivity index (χ3n) is 2.63. The Morgan fingerprint density at radius 3 is 2.06 bits per heavy atom. The normalized spacial score (nSPS) is 11.6.